The Kier molecular flexibility index (Phi) is 4.98. The molecule has 0 aliphatic carbocycles. The molecule has 2 aromatic rings. The Morgan fingerprint density at radius 1 is 1.48 bits per heavy atom. The molecule has 1 aliphatic heterocycles. The minimum Gasteiger partial charge on any atom is -0.465 e. The van der Waals surface area contributed by atoms with E-state index < -0.39 is 12.1 Å². The van der Waals surface area contributed by atoms with Gasteiger partial charge >= 0.3 is 5.97 Å². The molecule has 0 saturated carbocycles. The lowest BCUT2D eigenvalue weighted by Gasteiger charge is -2.18. The molecule has 134 valence electrons. The number of aliphatic hydroxyl groups is 1. The SMILES string of the molecule is COC(=O)[C@@H]1C[C@H](O)C[NH+]1Cn1nc(-c2ccc(F)cc2)n(C)c1=S. The highest BCUT2D eigenvalue weighted by atomic mass is 32.1. The van der Waals surface area contributed by atoms with Crippen LogP contribution in [-0.4, -0.2) is 51.2 Å². The van der Waals surface area contributed by atoms with E-state index in [1.807, 2.05) is 0 Å². The topological polar surface area (TPSA) is 73.7 Å². The van der Waals surface area contributed by atoms with Gasteiger partial charge in [-0.3, -0.25) is 0 Å². The number of methoxy groups -OCH3 is 1. The summed E-state index contributed by atoms with van der Waals surface area (Å²) in [6.07, 6.45) is -0.207. The largest absolute Gasteiger partial charge is 0.465 e. The molecule has 3 rings (SSSR count). The van der Waals surface area contributed by atoms with Gasteiger partial charge in [-0.05, 0) is 36.5 Å². The van der Waals surface area contributed by atoms with Crippen molar-refractivity contribution in [2.75, 3.05) is 13.7 Å². The molecule has 1 unspecified atom stereocenters. The van der Waals surface area contributed by atoms with Crippen molar-refractivity contribution in [1.82, 2.24) is 14.3 Å². The second-order valence-electron chi connectivity index (χ2n) is 6.16. The van der Waals surface area contributed by atoms with Gasteiger partial charge in [0.15, 0.2) is 18.5 Å². The Balaban J connectivity index is 1.88. The number of benzene rings is 1. The second-order valence-corrected chi connectivity index (χ2v) is 6.52. The monoisotopic (exact) mass is 367 g/mol. The van der Waals surface area contributed by atoms with Gasteiger partial charge in [-0.15, -0.1) is 5.10 Å². The Bertz CT molecular complexity index is 833. The zero-order valence-electron chi connectivity index (χ0n) is 14.0. The zero-order valence-corrected chi connectivity index (χ0v) is 14.8. The van der Waals surface area contributed by atoms with Gasteiger partial charge in [0, 0.05) is 19.0 Å². The number of nitrogens with one attached hydrogen (secondary N) is 1. The summed E-state index contributed by atoms with van der Waals surface area (Å²) in [5.74, 6) is -0.0626. The number of aromatic nitrogens is 3. The van der Waals surface area contributed by atoms with Gasteiger partial charge in [-0.25, -0.2) is 9.18 Å². The van der Waals surface area contributed by atoms with Gasteiger partial charge in [0.1, 0.15) is 18.5 Å². The maximum Gasteiger partial charge on any atom is 0.364 e. The van der Waals surface area contributed by atoms with Crippen LogP contribution in [0.5, 0.6) is 0 Å². The number of likely N-dealkylation sites (tertiary alicyclic amines) is 1. The number of quaternary nitrogens is 1. The Morgan fingerprint density at radius 2 is 2.16 bits per heavy atom. The molecule has 1 aromatic carbocycles. The van der Waals surface area contributed by atoms with E-state index in [1.165, 1.54) is 19.2 Å². The third kappa shape index (κ3) is 3.48. The van der Waals surface area contributed by atoms with Crippen molar-refractivity contribution in [2.45, 2.75) is 25.2 Å². The highest BCUT2D eigenvalue weighted by molar-refractivity contribution is 7.71. The van der Waals surface area contributed by atoms with Gasteiger partial charge in [0.05, 0.1) is 7.11 Å². The molecule has 0 amide bonds. The first-order valence-electron chi connectivity index (χ1n) is 7.91. The van der Waals surface area contributed by atoms with Gasteiger partial charge in [0.2, 0.25) is 4.77 Å². The van der Waals surface area contributed by atoms with Crippen molar-refractivity contribution in [3.63, 3.8) is 0 Å². The van der Waals surface area contributed by atoms with Crippen molar-refractivity contribution in [3.8, 4) is 11.4 Å². The summed E-state index contributed by atoms with van der Waals surface area (Å²) < 4.78 is 21.8. The number of carbonyl (C=O) groups is 1. The molecule has 2 heterocycles. The van der Waals surface area contributed by atoms with E-state index in [2.05, 4.69) is 5.10 Å². The summed E-state index contributed by atoms with van der Waals surface area (Å²) in [5.41, 5.74) is 0.745. The highest BCUT2D eigenvalue weighted by Crippen LogP contribution is 2.17. The predicted molar refractivity (Wildman–Crippen MR) is 89.7 cm³/mol. The molecule has 9 heteroatoms. The van der Waals surface area contributed by atoms with Gasteiger partial charge < -0.3 is 19.3 Å². The standard InChI is InChI=1S/C16H19FN4O3S/c1-19-14(10-3-5-11(17)6-4-10)18-21(16(19)25)9-20-8-12(22)7-13(20)15(23)24-2/h3-6,12-13,22H,7-9H2,1-2H3/p+1/t12-,13-/m0/s1. The Morgan fingerprint density at radius 3 is 2.80 bits per heavy atom. The number of hydrogen-bond acceptors (Lipinski definition) is 5. The van der Waals surface area contributed by atoms with E-state index in [1.54, 1.807) is 28.4 Å². The molecule has 1 aromatic heterocycles. The van der Waals surface area contributed by atoms with Crippen LogP contribution in [0.4, 0.5) is 4.39 Å². The molecule has 1 aliphatic rings. The second kappa shape index (κ2) is 7.03. The van der Waals surface area contributed by atoms with Crippen LogP contribution in [0.15, 0.2) is 24.3 Å². The van der Waals surface area contributed by atoms with Crippen molar-refractivity contribution in [3.05, 3.63) is 34.9 Å². The van der Waals surface area contributed by atoms with Crippen LogP contribution in [0.1, 0.15) is 6.42 Å². The molecule has 2 N–H and O–H groups in total. The summed E-state index contributed by atoms with van der Waals surface area (Å²) in [6, 6.07) is 5.57. The van der Waals surface area contributed by atoms with Gasteiger partial charge in [-0.2, -0.15) is 4.68 Å². The van der Waals surface area contributed by atoms with Crippen molar-refractivity contribution in [2.24, 2.45) is 7.05 Å². The number of carbonyl (C=O) groups excluding carboxylic acids is 1. The van der Waals surface area contributed by atoms with Crippen LogP contribution >= 0.6 is 12.2 Å². The smallest absolute Gasteiger partial charge is 0.364 e. The fourth-order valence-corrected chi connectivity index (χ4v) is 3.37. The van der Waals surface area contributed by atoms with Crippen LogP contribution in [0.3, 0.4) is 0 Å². The highest BCUT2D eigenvalue weighted by Gasteiger charge is 2.41. The molecule has 0 radical (unpaired) electrons. The molecular weight excluding hydrogens is 347 g/mol. The van der Waals surface area contributed by atoms with Crippen LogP contribution in [0.25, 0.3) is 11.4 Å². The lowest BCUT2D eigenvalue weighted by atomic mass is 10.2. The van der Waals surface area contributed by atoms with E-state index in [0.717, 1.165) is 10.5 Å². The third-order valence-electron chi connectivity index (χ3n) is 4.48. The summed E-state index contributed by atoms with van der Waals surface area (Å²) in [4.78, 5) is 12.8. The van der Waals surface area contributed by atoms with Crippen LogP contribution in [-0.2, 0) is 23.2 Å². The normalized spacial score (nSPS) is 23.0. The number of halogens is 1. The van der Waals surface area contributed by atoms with Crippen molar-refractivity contribution >= 4 is 18.2 Å². The minimum absolute atomic E-state index is 0.319. The number of rotatable bonds is 4. The molecule has 7 nitrogen and oxygen atoms in total. The number of aliphatic hydroxyl groups excluding tert-OH is 1. The number of ether oxygens (including phenoxy) is 1. The van der Waals surface area contributed by atoms with E-state index in [-0.39, 0.29) is 11.8 Å². The quantitative estimate of drug-likeness (QED) is 0.584. The first-order valence-corrected chi connectivity index (χ1v) is 8.31. The average Bonchev–Trinajstić information content (AvgIpc) is 3.10. The fourth-order valence-electron chi connectivity index (χ4n) is 3.18. The fraction of sp³-hybridized carbons (Fsp3) is 0.438. The van der Waals surface area contributed by atoms with Gasteiger partial charge in [0.25, 0.3) is 0 Å². The van der Waals surface area contributed by atoms with Crippen LogP contribution < -0.4 is 4.90 Å². The molecule has 3 atom stereocenters. The van der Waals surface area contributed by atoms with Crippen LogP contribution in [0.2, 0.25) is 0 Å². The molecule has 1 fully saturated rings. The summed E-state index contributed by atoms with van der Waals surface area (Å²) in [6.45, 7) is 0.759. The minimum atomic E-state index is -0.562. The number of esters is 1. The molecule has 0 spiro atoms. The lowest BCUT2D eigenvalue weighted by molar-refractivity contribution is -0.928. The van der Waals surface area contributed by atoms with Crippen molar-refractivity contribution in [1.29, 1.82) is 0 Å². The molecule has 1 saturated heterocycles. The maximum atomic E-state index is 13.1. The maximum absolute atomic E-state index is 13.1. The zero-order chi connectivity index (χ0) is 18.1. The number of hydrogen-bond donors (Lipinski definition) is 2. The Hall–Kier alpha value is -2.10. The summed E-state index contributed by atoms with van der Waals surface area (Å²) >= 11 is 5.43. The van der Waals surface area contributed by atoms with E-state index in [4.69, 9.17) is 17.0 Å². The molecular formula is C16H20FN4O3S+. The van der Waals surface area contributed by atoms with E-state index in [0.29, 0.717) is 30.2 Å². The predicted octanol–water partition coefficient (Wildman–Crippen LogP) is -0.0942. The Labute approximate surface area is 149 Å². The average molecular weight is 367 g/mol. The third-order valence-corrected chi connectivity index (χ3v) is 4.96. The first-order chi connectivity index (χ1) is 11.9. The van der Waals surface area contributed by atoms with E-state index >= 15 is 0 Å². The van der Waals surface area contributed by atoms with E-state index in [9.17, 15) is 14.3 Å². The van der Waals surface area contributed by atoms with Crippen LogP contribution in [0, 0.1) is 10.6 Å². The number of nitrogens with zero attached hydrogens (tertiary/aromatic N) is 3. The van der Waals surface area contributed by atoms with Gasteiger partial charge in [-0.1, -0.05) is 0 Å². The van der Waals surface area contributed by atoms with Crippen molar-refractivity contribution < 1.29 is 23.9 Å². The molecule has 25 heavy (non-hydrogen) atoms. The lowest BCUT2D eigenvalue weighted by Crippen LogP contribution is -3.14. The summed E-state index contributed by atoms with van der Waals surface area (Å²) in [7, 11) is 3.13. The first kappa shape index (κ1) is 17.7. The molecule has 0 bridgehead atoms. The summed E-state index contributed by atoms with van der Waals surface area (Å²) in [5, 5.41) is 14.4.